The van der Waals surface area contributed by atoms with E-state index < -0.39 is 0 Å². The van der Waals surface area contributed by atoms with Crippen molar-refractivity contribution in [1.82, 2.24) is 0 Å². The van der Waals surface area contributed by atoms with Gasteiger partial charge < -0.3 is 24.8 Å². The minimum absolute atomic E-state index is 0. The Balaban J connectivity index is -0.0000000436. The molecule has 0 saturated heterocycles. The SMILES string of the molecule is C[Si](C)C.[C-]1=CC=CC1.[Cl-].[Cl-].[Ti+3]. The minimum atomic E-state index is 0. The summed E-state index contributed by atoms with van der Waals surface area (Å²) in [5.74, 6) is 0. The van der Waals surface area contributed by atoms with Gasteiger partial charge in [-0.05, 0) is 0 Å². The van der Waals surface area contributed by atoms with Gasteiger partial charge in [0.25, 0.3) is 0 Å². The second kappa shape index (κ2) is 17.9. The van der Waals surface area contributed by atoms with E-state index >= 15 is 0 Å². The summed E-state index contributed by atoms with van der Waals surface area (Å²) < 4.78 is 0. The van der Waals surface area contributed by atoms with E-state index in [2.05, 4.69) is 31.8 Å². The van der Waals surface area contributed by atoms with Crippen molar-refractivity contribution in [3.63, 3.8) is 0 Å². The Morgan fingerprint density at radius 2 is 1.58 bits per heavy atom. The standard InChI is InChI=1S/C5H5.C3H9Si.2ClH.Ti/c1-2-4-5-3-1;1-4(2)3;;;/h1-3H,4H2;1-3H3;2*1H;/q-1;;;;+3/p-2. The van der Waals surface area contributed by atoms with Gasteiger partial charge in [-0.2, -0.15) is 6.08 Å². The average Bonchev–Trinajstić information content (AvgIpc) is 2.11. The van der Waals surface area contributed by atoms with E-state index in [1.165, 1.54) is 0 Å². The molecule has 68 valence electrons. The molecule has 0 saturated carbocycles. The fourth-order valence-electron chi connectivity index (χ4n) is 0.340. The minimum Gasteiger partial charge on any atom is -1.00 e. The Morgan fingerprint density at radius 3 is 1.67 bits per heavy atom. The summed E-state index contributed by atoms with van der Waals surface area (Å²) in [5, 5.41) is 0. The zero-order valence-electron chi connectivity index (χ0n) is 7.70. The van der Waals surface area contributed by atoms with Gasteiger partial charge >= 0.3 is 21.7 Å². The summed E-state index contributed by atoms with van der Waals surface area (Å²) in [4.78, 5) is 0. The van der Waals surface area contributed by atoms with Crippen molar-refractivity contribution in [3.8, 4) is 0 Å². The molecule has 1 rings (SSSR count). The quantitative estimate of drug-likeness (QED) is 0.315. The predicted octanol–water partition coefficient (Wildman–Crippen LogP) is -3.32. The third-order valence-electron chi connectivity index (χ3n) is 0.586. The fraction of sp³-hybridized carbons (Fsp3) is 0.500. The van der Waals surface area contributed by atoms with Crippen LogP contribution in [0.5, 0.6) is 0 Å². The molecule has 0 aromatic heterocycles. The number of halogens is 2. The molecule has 1 aliphatic carbocycles. The Kier molecular flexibility index (Phi) is 34.5. The van der Waals surface area contributed by atoms with E-state index in [4.69, 9.17) is 0 Å². The maximum atomic E-state index is 2.99. The number of rotatable bonds is 0. The van der Waals surface area contributed by atoms with Crippen molar-refractivity contribution in [2.45, 2.75) is 26.1 Å². The maximum Gasteiger partial charge on any atom is 3.00 e. The third-order valence-corrected chi connectivity index (χ3v) is 0.586. The van der Waals surface area contributed by atoms with Gasteiger partial charge in [0.2, 0.25) is 0 Å². The van der Waals surface area contributed by atoms with Crippen LogP contribution in [0.15, 0.2) is 18.2 Å². The van der Waals surface area contributed by atoms with Crippen LogP contribution in [0.1, 0.15) is 6.42 Å². The van der Waals surface area contributed by atoms with E-state index in [1.807, 2.05) is 12.2 Å². The van der Waals surface area contributed by atoms with E-state index in [9.17, 15) is 0 Å². The first kappa shape index (κ1) is 23.1. The maximum absolute atomic E-state index is 2.99. The first-order chi connectivity index (χ1) is 4.23. The summed E-state index contributed by atoms with van der Waals surface area (Å²) in [7, 11) is 0.120. The van der Waals surface area contributed by atoms with Gasteiger partial charge in [0.1, 0.15) is 0 Å². The van der Waals surface area contributed by atoms with Crippen LogP contribution in [-0.2, 0) is 21.7 Å². The Hall–Kier alpha value is 0.991. The monoisotopic (exact) mass is 256 g/mol. The molecule has 0 N–H and O–H groups in total. The third kappa shape index (κ3) is 30.6. The molecular formula is C8H14Cl2SiTi. The smallest absolute Gasteiger partial charge is 1.00 e. The summed E-state index contributed by atoms with van der Waals surface area (Å²) in [5.41, 5.74) is 0. The molecule has 0 fully saturated rings. The molecule has 0 nitrogen and oxygen atoms in total. The van der Waals surface area contributed by atoms with E-state index in [1.54, 1.807) is 0 Å². The van der Waals surface area contributed by atoms with E-state index in [-0.39, 0.29) is 55.3 Å². The summed E-state index contributed by atoms with van der Waals surface area (Å²) in [6.45, 7) is 6.81. The van der Waals surface area contributed by atoms with Gasteiger partial charge in [-0.1, -0.05) is 19.6 Å². The van der Waals surface area contributed by atoms with Crippen molar-refractivity contribution >= 4 is 8.80 Å². The van der Waals surface area contributed by atoms with Crippen molar-refractivity contribution in [2.75, 3.05) is 0 Å². The summed E-state index contributed by atoms with van der Waals surface area (Å²) >= 11 is 0. The number of hydrogen-bond acceptors (Lipinski definition) is 0. The van der Waals surface area contributed by atoms with Crippen LogP contribution in [0, 0.1) is 6.08 Å². The molecule has 0 heterocycles. The van der Waals surface area contributed by atoms with Crippen LogP contribution in [0.3, 0.4) is 0 Å². The van der Waals surface area contributed by atoms with Crippen LogP contribution in [0.25, 0.3) is 0 Å². The zero-order chi connectivity index (χ0) is 7.11. The largest absolute Gasteiger partial charge is 3.00 e. The average molecular weight is 257 g/mol. The first-order valence-electron chi connectivity index (χ1n) is 3.22. The van der Waals surface area contributed by atoms with Crippen molar-refractivity contribution in [1.29, 1.82) is 0 Å². The number of allylic oxidation sites excluding steroid dienone is 4. The van der Waals surface area contributed by atoms with E-state index in [0.717, 1.165) is 6.42 Å². The van der Waals surface area contributed by atoms with Crippen molar-refractivity contribution in [3.05, 3.63) is 24.3 Å². The molecule has 12 heavy (non-hydrogen) atoms. The summed E-state index contributed by atoms with van der Waals surface area (Å²) in [6.07, 6.45) is 10.0. The van der Waals surface area contributed by atoms with Gasteiger partial charge in [0.15, 0.2) is 0 Å². The second-order valence-corrected chi connectivity index (χ2v) is 5.50. The molecule has 0 spiro atoms. The number of hydrogen-bond donors (Lipinski definition) is 0. The summed E-state index contributed by atoms with van der Waals surface area (Å²) in [6, 6.07) is 0. The molecule has 0 unspecified atom stereocenters. The molecular weight excluding hydrogens is 243 g/mol. The van der Waals surface area contributed by atoms with Gasteiger partial charge in [0.05, 0.1) is 0 Å². The molecule has 0 amide bonds. The molecule has 1 aliphatic rings. The van der Waals surface area contributed by atoms with Crippen molar-refractivity contribution < 1.29 is 46.5 Å². The van der Waals surface area contributed by atoms with Crippen LogP contribution >= 0.6 is 0 Å². The molecule has 0 aromatic rings. The Bertz CT molecular complexity index is 101. The fourth-order valence-corrected chi connectivity index (χ4v) is 0.340. The van der Waals surface area contributed by atoms with Crippen LogP contribution in [0.2, 0.25) is 19.6 Å². The van der Waals surface area contributed by atoms with Gasteiger partial charge in [-0.25, -0.2) is 12.2 Å². The second-order valence-electron chi connectivity index (χ2n) is 2.50. The van der Waals surface area contributed by atoms with Crippen LogP contribution in [0.4, 0.5) is 0 Å². The topological polar surface area (TPSA) is 0 Å². The Morgan fingerprint density at radius 1 is 1.17 bits per heavy atom. The zero-order valence-corrected chi connectivity index (χ0v) is 11.8. The van der Waals surface area contributed by atoms with Crippen LogP contribution in [-0.4, -0.2) is 8.80 Å². The van der Waals surface area contributed by atoms with Gasteiger partial charge in [-0.3, -0.25) is 6.08 Å². The van der Waals surface area contributed by atoms with E-state index in [0.29, 0.717) is 0 Å². The first-order valence-corrected chi connectivity index (χ1v) is 6.22. The van der Waals surface area contributed by atoms with Crippen molar-refractivity contribution in [2.24, 2.45) is 0 Å². The Labute approximate surface area is 105 Å². The molecule has 2 radical (unpaired) electrons. The molecule has 0 atom stereocenters. The molecule has 4 heteroatoms. The van der Waals surface area contributed by atoms with Gasteiger partial charge in [0, 0.05) is 8.80 Å². The molecule has 0 aliphatic heterocycles. The molecule has 0 bridgehead atoms. The van der Waals surface area contributed by atoms with Crippen LogP contribution < -0.4 is 24.8 Å². The molecule has 0 aromatic carbocycles. The normalized spacial score (nSPS) is 10.3. The van der Waals surface area contributed by atoms with Gasteiger partial charge in [-0.15, -0.1) is 6.42 Å². The predicted molar refractivity (Wildman–Crippen MR) is 44.9 cm³/mol.